The zero-order valence-corrected chi connectivity index (χ0v) is 12.7. The quantitative estimate of drug-likeness (QED) is 0.895. The van der Waals surface area contributed by atoms with Crippen molar-refractivity contribution in [2.75, 3.05) is 18.1 Å². The molecule has 2 aliphatic heterocycles. The molecule has 2 fully saturated rings. The first kappa shape index (κ1) is 14.2. The van der Waals surface area contributed by atoms with Gasteiger partial charge in [-0.25, -0.2) is 0 Å². The van der Waals surface area contributed by atoms with Crippen LogP contribution in [0.4, 0.5) is 0 Å². The number of thioether (sulfide) groups is 1. The minimum atomic E-state index is 0.0999. The van der Waals surface area contributed by atoms with E-state index in [-0.39, 0.29) is 11.4 Å². The van der Waals surface area contributed by atoms with Gasteiger partial charge in [0.25, 0.3) is 0 Å². The Labute approximate surface area is 124 Å². The van der Waals surface area contributed by atoms with Crippen molar-refractivity contribution in [1.82, 2.24) is 10.3 Å². The highest BCUT2D eigenvalue weighted by Crippen LogP contribution is 2.38. The number of nitrogens with one attached hydrogen (secondary N) is 1. The molecule has 110 valence electrons. The van der Waals surface area contributed by atoms with E-state index >= 15 is 0 Å². The van der Waals surface area contributed by atoms with E-state index in [1.165, 1.54) is 12.2 Å². The highest BCUT2D eigenvalue weighted by Gasteiger charge is 2.40. The van der Waals surface area contributed by atoms with E-state index < -0.39 is 0 Å². The maximum absolute atomic E-state index is 9.84. The number of pyridine rings is 1. The Hall–Kier alpha value is -0.780. The Morgan fingerprint density at radius 2 is 2.45 bits per heavy atom. The third-order valence-corrected chi connectivity index (χ3v) is 5.43. The fourth-order valence-electron chi connectivity index (χ4n) is 3.04. The summed E-state index contributed by atoms with van der Waals surface area (Å²) in [7, 11) is 0. The molecular weight excluding hydrogens is 272 g/mol. The molecule has 2 saturated heterocycles. The molecule has 1 aromatic rings. The van der Waals surface area contributed by atoms with Crippen LogP contribution < -0.4 is 5.32 Å². The van der Waals surface area contributed by atoms with Crippen LogP contribution in [0.1, 0.15) is 30.7 Å². The predicted octanol–water partition coefficient (Wildman–Crippen LogP) is 2.24. The summed E-state index contributed by atoms with van der Waals surface area (Å²) in [6.07, 6.45) is 3.29. The van der Waals surface area contributed by atoms with Gasteiger partial charge in [0.1, 0.15) is 5.75 Å². The Morgan fingerprint density at radius 3 is 3.25 bits per heavy atom. The van der Waals surface area contributed by atoms with Crippen LogP contribution in [-0.4, -0.2) is 39.8 Å². The van der Waals surface area contributed by atoms with Gasteiger partial charge in [-0.1, -0.05) is 0 Å². The summed E-state index contributed by atoms with van der Waals surface area (Å²) in [5.41, 5.74) is 1.78. The smallest absolute Gasteiger partial charge is 0.138 e. The molecule has 0 aromatic carbocycles. The summed E-state index contributed by atoms with van der Waals surface area (Å²) in [5.74, 6) is 2.62. The van der Waals surface area contributed by atoms with E-state index in [1.54, 1.807) is 6.07 Å². The van der Waals surface area contributed by atoms with Crippen LogP contribution >= 0.6 is 11.8 Å². The molecule has 4 nitrogen and oxygen atoms in total. The number of nitrogens with zero attached hydrogens (tertiary/aromatic N) is 1. The lowest BCUT2D eigenvalue weighted by Gasteiger charge is -2.38. The van der Waals surface area contributed by atoms with Crippen LogP contribution in [0.2, 0.25) is 0 Å². The SMILES string of the molecule is Cc1ccc(O)c(CN[C@@H]2CCO[C@]3(CCSC3)C2)n1. The second-order valence-electron chi connectivity index (χ2n) is 5.82. The third-order valence-electron chi connectivity index (χ3n) is 4.21. The van der Waals surface area contributed by atoms with Gasteiger partial charge in [-0.3, -0.25) is 4.98 Å². The maximum atomic E-state index is 9.84. The predicted molar refractivity (Wildman–Crippen MR) is 81.1 cm³/mol. The summed E-state index contributed by atoms with van der Waals surface area (Å²) in [6, 6.07) is 4.01. The fraction of sp³-hybridized carbons (Fsp3) is 0.667. The molecule has 0 amide bonds. The first-order valence-corrected chi connectivity index (χ1v) is 8.43. The van der Waals surface area contributed by atoms with Crippen LogP contribution in [0, 0.1) is 6.92 Å². The molecule has 2 aliphatic rings. The number of aryl methyl sites for hydroxylation is 1. The van der Waals surface area contributed by atoms with E-state index in [0.717, 1.165) is 36.6 Å². The fourth-order valence-corrected chi connectivity index (χ4v) is 4.42. The molecule has 0 radical (unpaired) electrons. The van der Waals surface area contributed by atoms with Crippen molar-refractivity contribution in [2.24, 2.45) is 0 Å². The Kier molecular flexibility index (Phi) is 4.19. The average Bonchev–Trinajstić information content (AvgIpc) is 2.88. The van der Waals surface area contributed by atoms with Crippen LogP contribution in [0.25, 0.3) is 0 Å². The summed E-state index contributed by atoms with van der Waals surface area (Å²) in [5, 5.41) is 13.4. The lowest BCUT2D eigenvalue weighted by Crippen LogP contribution is -2.47. The van der Waals surface area contributed by atoms with Gasteiger partial charge < -0.3 is 15.2 Å². The standard InChI is InChI=1S/C15H22N2O2S/c1-11-2-3-14(18)13(17-11)9-16-12-4-6-19-15(8-12)5-7-20-10-15/h2-3,12,16,18H,4-10H2,1H3/t12-,15-/m1/s1. The maximum Gasteiger partial charge on any atom is 0.138 e. The molecule has 0 aliphatic carbocycles. The number of aromatic nitrogens is 1. The number of hydrogen-bond acceptors (Lipinski definition) is 5. The van der Waals surface area contributed by atoms with Crippen LogP contribution in [0.5, 0.6) is 5.75 Å². The summed E-state index contributed by atoms with van der Waals surface area (Å²) in [6.45, 7) is 3.41. The van der Waals surface area contributed by atoms with Crippen LogP contribution in [0.3, 0.4) is 0 Å². The molecule has 0 unspecified atom stereocenters. The summed E-state index contributed by atoms with van der Waals surface area (Å²) >= 11 is 2.00. The van der Waals surface area contributed by atoms with Crippen molar-refractivity contribution in [2.45, 2.75) is 44.4 Å². The molecule has 20 heavy (non-hydrogen) atoms. The Balaban J connectivity index is 1.59. The highest BCUT2D eigenvalue weighted by molar-refractivity contribution is 7.99. The first-order chi connectivity index (χ1) is 9.67. The zero-order chi connectivity index (χ0) is 14.0. The monoisotopic (exact) mass is 294 g/mol. The first-order valence-electron chi connectivity index (χ1n) is 7.27. The van der Waals surface area contributed by atoms with Gasteiger partial charge in [0.2, 0.25) is 0 Å². The van der Waals surface area contributed by atoms with E-state index in [0.29, 0.717) is 12.6 Å². The third kappa shape index (κ3) is 3.10. The summed E-state index contributed by atoms with van der Waals surface area (Å²) in [4.78, 5) is 4.40. The molecule has 3 heterocycles. The highest BCUT2D eigenvalue weighted by atomic mass is 32.2. The van der Waals surface area contributed by atoms with Crippen molar-refractivity contribution < 1.29 is 9.84 Å². The molecule has 5 heteroatoms. The lowest BCUT2D eigenvalue weighted by molar-refractivity contribution is -0.0703. The Bertz CT molecular complexity index is 475. The lowest BCUT2D eigenvalue weighted by atomic mass is 9.90. The van der Waals surface area contributed by atoms with Crippen molar-refractivity contribution in [3.05, 3.63) is 23.5 Å². The molecule has 1 aromatic heterocycles. The van der Waals surface area contributed by atoms with Crippen molar-refractivity contribution >= 4 is 11.8 Å². The normalized spacial score (nSPS) is 29.9. The minimum Gasteiger partial charge on any atom is -0.506 e. The van der Waals surface area contributed by atoms with Gasteiger partial charge in [0, 0.05) is 30.6 Å². The van der Waals surface area contributed by atoms with Gasteiger partial charge in [-0.15, -0.1) is 0 Å². The van der Waals surface area contributed by atoms with E-state index in [4.69, 9.17) is 4.74 Å². The molecule has 0 bridgehead atoms. The topological polar surface area (TPSA) is 54.4 Å². The number of hydrogen-bond donors (Lipinski definition) is 2. The second kappa shape index (κ2) is 5.92. The van der Waals surface area contributed by atoms with Gasteiger partial charge >= 0.3 is 0 Å². The van der Waals surface area contributed by atoms with E-state index in [1.807, 2.05) is 24.8 Å². The summed E-state index contributed by atoms with van der Waals surface area (Å²) < 4.78 is 6.03. The van der Waals surface area contributed by atoms with Gasteiger partial charge in [0.05, 0.1) is 11.3 Å². The van der Waals surface area contributed by atoms with Gasteiger partial charge in [-0.2, -0.15) is 11.8 Å². The molecule has 1 spiro atoms. The van der Waals surface area contributed by atoms with Crippen molar-refractivity contribution in [3.8, 4) is 5.75 Å². The molecule has 2 atom stereocenters. The molecule has 0 saturated carbocycles. The average molecular weight is 294 g/mol. The largest absolute Gasteiger partial charge is 0.506 e. The number of rotatable bonds is 3. The zero-order valence-electron chi connectivity index (χ0n) is 11.9. The van der Waals surface area contributed by atoms with Crippen molar-refractivity contribution in [3.63, 3.8) is 0 Å². The van der Waals surface area contributed by atoms with Crippen LogP contribution in [-0.2, 0) is 11.3 Å². The van der Waals surface area contributed by atoms with E-state index in [9.17, 15) is 5.11 Å². The number of aromatic hydroxyl groups is 1. The van der Waals surface area contributed by atoms with Gasteiger partial charge in [0.15, 0.2) is 0 Å². The Morgan fingerprint density at radius 1 is 1.55 bits per heavy atom. The van der Waals surface area contributed by atoms with Gasteiger partial charge in [-0.05, 0) is 44.1 Å². The minimum absolute atomic E-state index is 0.0999. The van der Waals surface area contributed by atoms with E-state index in [2.05, 4.69) is 10.3 Å². The number of ether oxygens (including phenoxy) is 1. The second-order valence-corrected chi connectivity index (χ2v) is 6.93. The van der Waals surface area contributed by atoms with Crippen molar-refractivity contribution in [1.29, 1.82) is 0 Å². The molecular formula is C15H22N2O2S. The molecule has 2 N–H and O–H groups in total. The molecule has 3 rings (SSSR count). The van der Waals surface area contributed by atoms with Crippen LogP contribution in [0.15, 0.2) is 12.1 Å².